The molecule has 0 saturated carbocycles. The molecule has 0 spiro atoms. The molecule has 6 heteroatoms. The molecule has 1 heterocycles. The van der Waals surface area contributed by atoms with Crippen molar-refractivity contribution in [2.75, 3.05) is 37.0 Å². The highest BCUT2D eigenvalue weighted by Gasteiger charge is 2.16. The van der Waals surface area contributed by atoms with E-state index in [0.717, 1.165) is 24.3 Å². The zero-order valence-electron chi connectivity index (χ0n) is 15.7. The number of carbonyl (C=O) groups is 2. The van der Waals surface area contributed by atoms with Gasteiger partial charge < -0.3 is 19.7 Å². The summed E-state index contributed by atoms with van der Waals surface area (Å²) >= 11 is 0. The van der Waals surface area contributed by atoms with E-state index in [1.807, 2.05) is 37.3 Å². The minimum atomic E-state index is -0.588. The van der Waals surface area contributed by atoms with Gasteiger partial charge in [0.05, 0.1) is 7.11 Å². The minimum absolute atomic E-state index is 0.306. The normalized spacial score (nSPS) is 13.3. The lowest BCUT2D eigenvalue weighted by Crippen LogP contribution is -2.21. The van der Waals surface area contributed by atoms with Crippen LogP contribution in [0.5, 0.6) is 5.75 Å². The summed E-state index contributed by atoms with van der Waals surface area (Å²) in [5, 5.41) is 2.74. The Morgan fingerprint density at radius 1 is 1.07 bits per heavy atom. The van der Waals surface area contributed by atoms with Crippen LogP contribution in [0.2, 0.25) is 0 Å². The van der Waals surface area contributed by atoms with Gasteiger partial charge in [-0.15, -0.1) is 0 Å². The fourth-order valence-corrected chi connectivity index (χ4v) is 3.12. The first-order valence-corrected chi connectivity index (χ1v) is 9.03. The number of rotatable bonds is 6. The molecule has 1 aliphatic heterocycles. The molecule has 0 aliphatic carbocycles. The molecule has 1 fully saturated rings. The molecule has 1 N–H and O–H groups in total. The van der Waals surface area contributed by atoms with E-state index in [0.29, 0.717) is 17.0 Å². The number of methoxy groups -OCH3 is 1. The maximum atomic E-state index is 12.2. The average Bonchev–Trinajstić information content (AvgIpc) is 3.21. The number of hydrogen-bond donors (Lipinski definition) is 1. The van der Waals surface area contributed by atoms with Crippen molar-refractivity contribution in [1.82, 2.24) is 0 Å². The van der Waals surface area contributed by atoms with Gasteiger partial charge in [0.2, 0.25) is 0 Å². The van der Waals surface area contributed by atoms with Crippen LogP contribution in [-0.2, 0) is 9.53 Å². The lowest BCUT2D eigenvalue weighted by Gasteiger charge is -2.17. The predicted octanol–water partition coefficient (Wildman–Crippen LogP) is 3.40. The number of hydrogen-bond acceptors (Lipinski definition) is 5. The molecule has 1 saturated heterocycles. The maximum absolute atomic E-state index is 12.2. The number of aryl methyl sites for hydroxylation is 1. The van der Waals surface area contributed by atoms with Gasteiger partial charge >= 0.3 is 5.97 Å². The summed E-state index contributed by atoms with van der Waals surface area (Å²) < 4.78 is 10.3. The van der Waals surface area contributed by atoms with Gasteiger partial charge in [0, 0.05) is 24.5 Å². The number of nitrogens with one attached hydrogen (secondary N) is 1. The van der Waals surface area contributed by atoms with Crippen molar-refractivity contribution in [3.63, 3.8) is 0 Å². The molecule has 27 heavy (non-hydrogen) atoms. The van der Waals surface area contributed by atoms with E-state index in [2.05, 4.69) is 10.2 Å². The number of ether oxygens (including phenoxy) is 2. The van der Waals surface area contributed by atoms with Crippen molar-refractivity contribution in [2.24, 2.45) is 0 Å². The number of benzene rings is 2. The fraction of sp³-hybridized carbons (Fsp3) is 0.333. The summed E-state index contributed by atoms with van der Waals surface area (Å²) in [4.78, 5) is 26.6. The number of amides is 1. The molecule has 0 bridgehead atoms. The molecule has 142 valence electrons. The first-order valence-electron chi connectivity index (χ1n) is 9.03. The summed E-state index contributed by atoms with van der Waals surface area (Å²) in [7, 11) is 1.49. The summed E-state index contributed by atoms with van der Waals surface area (Å²) in [5.74, 6) is -0.553. The number of anilines is 2. The Hall–Kier alpha value is -3.02. The third kappa shape index (κ3) is 4.78. The Balaban J connectivity index is 1.53. The van der Waals surface area contributed by atoms with Gasteiger partial charge in [0.15, 0.2) is 6.61 Å². The molecule has 6 nitrogen and oxygen atoms in total. The molecule has 2 aromatic carbocycles. The summed E-state index contributed by atoms with van der Waals surface area (Å²) in [6.45, 7) is 3.66. The summed E-state index contributed by atoms with van der Waals surface area (Å²) in [5.41, 5.74) is 3.04. The fourth-order valence-electron chi connectivity index (χ4n) is 3.12. The van der Waals surface area contributed by atoms with Crippen LogP contribution in [-0.4, -0.2) is 38.7 Å². The molecule has 1 amide bonds. The SMILES string of the molecule is COc1ccc(C)cc1C(=O)OCC(=O)Nc1ccc(N2CCCC2)cc1. The second kappa shape index (κ2) is 8.58. The van der Waals surface area contributed by atoms with Crippen LogP contribution >= 0.6 is 0 Å². The lowest BCUT2D eigenvalue weighted by molar-refractivity contribution is -0.119. The van der Waals surface area contributed by atoms with Gasteiger partial charge in [-0.1, -0.05) is 11.6 Å². The van der Waals surface area contributed by atoms with Crippen molar-refractivity contribution >= 4 is 23.3 Å². The quantitative estimate of drug-likeness (QED) is 0.792. The topological polar surface area (TPSA) is 67.9 Å². The highest BCUT2D eigenvalue weighted by Crippen LogP contribution is 2.22. The zero-order chi connectivity index (χ0) is 19.2. The van der Waals surface area contributed by atoms with E-state index < -0.39 is 5.97 Å². The van der Waals surface area contributed by atoms with Crippen molar-refractivity contribution in [2.45, 2.75) is 19.8 Å². The van der Waals surface area contributed by atoms with E-state index in [4.69, 9.17) is 9.47 Å². The molecule has 0 aromatic heterocycles. The van der Waals surface area contributed by atoms with Gasteiger partial charge in [-0.3, -0.25) is 4.79 Å². The van der Waals surface area contributed by atoms with Crippen LogP contribution in [0.4, 0.5) is 11.4 Å². The Morgan fingerprint density at radius 2 is 1.78 bits per heavy atom. The summed E-state index contributed by atoms with van der Waals surface area (Å²) in [6.07, 6.45) is 2.44. The molecule has 0 radical (unpaired) electrons. The monoisotopic (exact) mass is 368 g/mol. The van der Waals surface area contributed by atoms with Gasteiger partial charge in [0.1, 0.15) is 11.3 Å². The number of carbonyl (C=O) groups excluding carboxylic acids is 2. The smallest absolute Gasteiger partial charge is 0.342 e. The van der Waals surface area contributed by atoms with Crippen LogP contribution in [0.15, 0.2) is 42.5 Å². The first-order chi connectivity index (χ1) is 13.1. The summed E-state index contributed by atoms with van der Waals surface area (Å²) in [6, 6.07) is 12.9. The van der Waals surface area contributed by atoms with Gasteiger partial charge in [-0.2, -0.15) is 0 Å². The number of esters is 1. The second-order valence-corrected chi connectivity index (χ2v) is 6.57. The van der Waals surface area contributed by atoms with E-state index in [1.165, 1.54) is 20.0 Å². The van der Waals surface area contributed by atoms with E-state index >= 15 is 0 Å². The minimum Gasteiger partial charge on any atom is -0.496 e. The Morgan fingerprint density at radius 3 is 2.44 bits per heavy atom. The maximum Gasteiger partial charge on any atom is 0.342 e. The molecule has 1 aliphatic rings. The molecular formula is C21H24N2O4. The van der Waals surface area contributed by atoms with Gasteiger partial charge in [-0.05, 0) is 56.2 Å². The Labute approximate surface area is 159 Å². The highest BCUT2D eigenvalue weighted by atomic mass is 16.5. The Kier molecular flexibility index (Phi) is 5.96. The van der Waals surface area contributed by atoms with Crippen LogP contribution in [0, 0.1) is 6.92 Å². The van der Waals surface area contributed by atoms with Crippen molar-refractivity contribution in [3.05, 3.63) is 53.6 Å². The molecule has 0 atom stereocenters. The van der Waals surface area contributed by atoms with Crippen LogP contribution < -0.4 is 15.0 Å². The van der Waals surface area contributed by atoms with Crippen molar-refractivity contribution < 1.29 is 19.1 Å². The zero-order valence-corrected chi connectivity index (χ0v) is 15.7. The molecule has 0 unspecified atom stereocenters. The van der Waals surface area contributed by atoms with E-state index in [9.17, 15) is 9.59 Å². The van der Waals surface area contributed by atoms with Crippen LogP contribution in [0.25, 0.3) is 0 Å². The van der Waals surface area contributed by atoms with E-state index in [1.54, 1.807) is 12.1 Å². The molecule has 3 rings (SSSR count). The van der Waals surface area contributed by atoms with Crippen molar-refractivity contribution in [3.8, 4) is 5.75 Å². The largest absolute Gasteiger partial charge is 0.496 e. The average molecular weight is 368 g/mol. The van der Waals surface area contributed by atoms with Crippen LogP contribution in [0.3, 0.4) is 0 Å². The third-order valence-electron chi connectivity index (χ3n) is 4.53. The van der Waals surface area contributed by atoms with E-state index in [-0.39, 0.29) is 12.5 Å². The predicted molar refractivity (Wildman–Crippen MR) is 105 cm³/mol. The highest BCUT2D eigenvalue weighted by molar-refractivity contribution is 5.97. The lowest BCUT2D eigenvalue weighted by atomic mass is 10.1. The first kappa shape index (κ1) is 18.8. The standard InChI is InChI=1S/C21H24N2O4/c1-15-5-10-19(26-2)18(13-15)21(25)27-14-20(24)22-16-6-8-17(9-7-16)23-11-3-4-12-23/h5-10,13H,3-4,11-12,14H2,1-2H3,(H,22,24). The number of nitrogens with zero attached hydrogens (tertiary/aromatic N) is 1. The van der Waals surface area contributed by atoms with Crippen LogP contribution in [0.1, 0.15) is 28.8 Å². The molecular weight excluding hydrogens is 344 g/mol. The van der Waals surface area contributed by atoms with Gasteiger partial charge in [-0.25, -0.2) is 4.79 Å². The molecule has 2 aromatic rings. The second-order valence-electron chi connectivity index (χ2n) is 6.57. The van der Waals surface area contributed by atoms with Gasteiger partial charge in [0.25, 0.3) is 5.91 Å². The van der Waals surface area contributed by atoms with Crippen molar-refractivity contribution in [1.29, 1.82) is 0 Å². The Bertz CT molecular complexity index is 811. The third-order valence-corrected chi connectivity index (χ3v) is 4.53.